The number of carbonyl (C=O) groups is 1. The Morgan fingerprint density at radius 1 is 1.07 bits per heavy atom. The molecule has 1 fully saturated rings. The van der Waals surface area contributed by atoms with Crippen LogP contribution >= 0.6 is 0 Å². The summed E-state index contributed by atoms with van der Waals surface area (Å²) in [5.41, 5.74) is -1.85. The zero-order chi connectivity index (χ0) is 39.8. The van der Waals surface area contributed by atoms with E-state index in [2.05, 4.69) is 32.1 Å². The zero-order valence-corrected chi connectivity index (χ0v) is 30.5. The molecular weight excluding hydrogens is 753 g/mol. The van der Waals surface area contributed by atoms with Gasteiger partial charge in [-0.05, 0) is 74.4 Å². The summed E-state index contributed by atoms with van der Waals surface area (Å²) in [4.78, 5) is 18.6. The van der Waals surface area contributed by atoms with Gasteiger partial charge in [0.2, 0.25) is 15.9 Å². The number of anilines is 1. The number of aryl methyl sites for hydroxylation is 1. The largest absolute Gasteiger partial charge is 0.378 e. The number of sulfonamides is 1. The minimum Gasteiger partial charge on any atom is -0.378 e. The van der Waals surface area contributed by atoms with Crippen molar-refractivity contribution in [3.63, 3.8) is 0 Å². The molecule has 3 N–H and O–H groups in total. The van der Waals surface area contributed by atoms with Gasteiger partial charge in [-0.15, -0.1) is 0 Å². The van der Waals surface area contributed by atoms with Gasteiger partial charge in [-0.3, -0.25) is 18.9 Å². The molecule has 3 heterocycles. The van der Waals surface area contributed by atoms with Crippen LogP contribution in [-0.2, 0) is 40.8 Å². The number of rotatable bonds is 10. The van der Waals surface area contributed by atoms with E-state index in [9.17, 15) is 35.9 Å². The van der Waals surface area contributed by atoms with Gasteiger partial charge in [0.25, 0.3) is 12.3 Å². The number of para-hydroxylation sites is 1. The highest BCUT2D eigenvalue weighted by Crippen LogP contribution is 2.68. The molecule has 288 valence electrons. The monoisotopic (exact) mass is 785 g/mol. The van der Waals surface area contributed by atoms with E-state index >= 15 is 8.78 Å². The number of amides is 1. The molecule has 18 heteroatoms. The van der Waals surface area contributed by atoms with Crippen molar-refractivity contribution in [1.29, 1.82) is 0 Å². The molecule has 7 rings (SSSR count). The molecule has 2 aliphatic carbocycles. The Morgan fingerprint density at radius 2 is 1.78 bits per heavy atom. The highest BCUT2D eigenvalue weighted by molar-refractivity contribution is 7.92. The highest BCUT2D eigenvalue weighted by atomic mass is 32.2. The van der Waals surface area contributed by atoms with E-state index in [-0.39, 0.29) is 41.2 Å². The number of aromatic nitrogens is 5. The fourth-order valence-electron chi connectivity index (χ4n) is 7.19. The summed E-state index contributed by atoms with van der Waals surface area (Å²) in [7, 11) is -2.18. The van der Waals surface area contributed by atoms with Gasteiger partial charge in [0.05, 0.1) is 23.5 Å². The van der Waals surface area contributed by atoms with E-state index in [1.54, 1.807) is 31.3 Å². The Labute approximate surface area is 310 Å². The molecule has 0 spiro atoms. The number of pyridine rings is 1. The Balaban J connectivity index is 1.37. The lowest BCUT2D eigenvalue weighted by atomic mass is 9.93. The van der Waals surface area contributed by atoms with Gasteiger partial charge < -0.3 is 10.4 Å². The van der Waals surface area contributed by atoms with Gasteiger partial charge in [-0.2, -0.15) is 19.0 Å². The maximum atomic E-state index is 15.4. The standard InChI is InChI=1S/C37H33F6N7O4S/c1-36(2,52)11-10-21-8-9-22(23-6-5-7-24-32(23)49(3)47-35(24)48-55(4,53)54)30(44-21)27(14-18-12-19(38)15-20(39)13-18)45-28(51)17-50-33-29(31(46-50)34(40)41)25-16-26(25)37(33,42)43/h5-9,12-13,15,25-27,34,52H,14,16-17H2,1-4H3,(H,45,51)(H,47,48)/t25-,26+,27-/m0/s1. The van der Waals surface area contributed by atoms with Crippen LogP contribution < -0.4 is 10.0 Å². The number of hydrogen-bond acceptors (Lipinski definition) is 7. The number of nitrogens with zero attached hydrogens (tertiary/aromatic N) is 5. The maximum absolute atomic E-state index is 15.4. The van der Waals surface area contributed by atoms with Crippen molar-refractivity contribution in [2.24, 2.45) is 13.0 Å². The fourth-order valence-corrected chi connectivity index (χ4v) is 7.70. The summed E-state index contributed by atoms with van der Waals surface area (Å²) in [6, 6.07) is 9.48. The summed E-state index contributed by atoms with van der Waals surface area (Å²) >= 11 is 0. The summed E-state index contributed by atoms with van der Waals surface area (Å²) in [5.74, 6) is -2.80. The number of alkyl halides is 4. The Bertz CT molecular complexity index is 2530. The minimum atomic E-state index is -3.75. The molecule has 0 bridgehead atoms. The Hall–Kier alpha value is -5.41. The number of halogens is 6. The smallest absolute Gasteiger partial charge is 0.293 e. The van der Waals surface area contributed by atoms with Crippen molar-refractivity contribution in [1.82, 2.24) is 29.9 Å². The molecule has 55 heavy (non-hydrogen) atoms. The van der Waals surface area contributed by atoms with Crippen molar-refractivity contribution in [2.45, 2.75) is 63.1 Å². The third-order valence-corrected chi connectivity index (χ3v) is 9.91. The van der Waals surface area contributed by atoms with Crippen LogP contribution in [0.5, 0.6) is 0 Å². The van der Waals surface area contributed by atoms with Crippen molar-refractivity contribution in [3.8, 4) is 23.0 Å². The van der Waals surface area contributed by atoms with Crippen molar-refractivity contribution < 1.29 is 44.7 Å². The maximum Gasteiger partial charge on any atom is 0.293 e. The average molecular weight is 786 g/mol. The number of benzene rings is 2. The molecule has 3 atom stereocenters. The first kappa shape index (κ1) is 37.9. The van der Waals surface area contributed by atoms with Crippen molar-refractivity contribution >= 4 is 32.7 Å². The second kappa shape index (κ2) is 13.4. The first-order chi connectivity index (χ1) is 25.7. The second-order valence-electron chi connectivity index (χ2n) is 14.3. The predicted octanol–water partition coefficient (Wildman–Crippen LogP) is 5.85. The van der Waals surface area contributed by atoms with Gasteiger partial charge in [0, 0.05) is 41.1 Å². The molecule has 1 amide bonds. The first-order valence-corrected chi connectivity index (χ1v) is 18.8. The van der Waals surface area contributed by atoms with Gasteiger partial charge in [-0.1, -0.05) is 18.1 Å². The van der Waals surface area contributed by atoms with Gasteiger partial charge in [0.1, 0.15) is 40.9 Å². The van der Waals surface area contributed by atoms with Gasteiger partial charge in [-0.25, -0.2) is 31.0 Å². The Kier molecular flexibility index (Phi) is 9.24. The van der Waals surface area contributed by atoms with E-state index in [4.69, 9.17) is 4.98 Å². The molecule has 0 aliphatic heterocycles. The van der Waals surface area contributed by atoms with E-state index in [0.29, 0.717) is 32.8 Å². The predicted molar refractivity (Wildman–Crippen MR) is 188 cm³/mol. The molecule has 3 aromatic heterocycles. The number of fused-ring (bicyclic) bond motifs is 4. The molecular formula is C37H33F6N7O4S. The average Bonchev–Trinajstić information content (AvgIpc) is 3.62. The molecule has 0 unspecified atom stereocenters. The quantitative estimate of drug-likeness (QED) is 0.119. The third kappa shape index (κ3) is 7.50. The fraction of sp³-hybridized carbons (Fsp3) is 0.351. The minimum absolute atomic E-state index is 0.0217. The molecule has 11 nitrogen and oxygen atoms in total. The lowest BCUT2D eigenvalue weighted by molar-refractivity contribution is -0.123. The van der Waals surface area contributed by atoms with E-state index < -0.39 is 81.3 Å². The molecule has 1 saturated carbocycles. The summed E-state index contributed by atoms with van der Waals surface area (Å²) < 4.78 is 116. The topological polar surface area (TPSA) is 144 Å². The van der Waals surface area contributed by atoms with E-state index in [0.717, 1.165) is 18.4 Å². The van der Waals surface area contributed by atoms with Crippen molar-refractivity contribution in [3.05, 3.63) is 94.1 Å². The van der Waals surface area contributed by atoms with Crippen LogP contribution in [0.25, 0.3) is 22.0 Å². The lowest BCUT2D eigenvalue weighted by Crippen LogP contribution is -2.35. The van der Waals surface area contributed by atoms with Crippen LogP contribution in [0.2, 0.25) is 0 Å². The normalized spacial score (nSPS) is 17.7. The lowest BCUT2D eigenvalue weighted by Gasteiger charge is -2.23. The van der Waals surface area contributed by atoms with Gasteiger partial charge in [0.15, 0.2) is 5.82 Å². The molecule has 2 aromatic carbocycles. The molecule has 0 radical (unpaired) electrons. The molecule has 2 aliphatic rings. The summed E-state index contributed by atoms with van der Waals surface area (Å²) in [6.07, 6.45) is -2.48. The van der Waals surface area contributed by atoms with Crippen LogP contribution in [0.4, 0.5) is 32.2 Å². The van der Waals surface area contributed by atoms with Crippen LogP contribution in [0, 0.1) is 29.4 Å². The molecule has 5 aromatic rings. The second-order valence-corrected chi connectivity index (χ2v) is 16.0. The first-order valence-electron chi connectivity index (χ1n) is 16.9. The zero-order valence-electron chi connectivity index (χ0n) is 29.6. The van der Waals surface area contributed by atoms with Crippen LogP contribution in [-0.4, -0.2) is 55.8 Å². The number of carbonyl (C=O) groups excluding carboxylic acids is 1. The van der Waals surface area contributed by atoms with E-state index in [1.165, 1.54) is 24.6 Å². The highest BCUT2D eigenvalue weighted by Gasteiger charge is 2.67. The Morgan fingerprint density at radius 3 is 2.44 bits per heavy atom. The number of nitrogens with one attached hydrogen (secondary N) is 2. The SMILES string of the molecule is Cn1nc(NS(C)(=O)=O)c2cccc(-c3ccc(C#CC(C)(C)O)nc3[C@H](Cc3cc(F)cc(F)c3)NC(=O)Cn3nc(C(F)F)c4c3C(F)(F)[C@@H]3C[C@H]43)c21. The van der Waals surface area contributed by atoms with E-state index in [1.807, 2.05) is 0 Å². The van der Waals surface area contributed by atoms with Crippen LogP contribution in [0.15, 0.2) is 48.5 Å². The van der Waals surface area contributed by atoms with Crippen molar-refractivity contribution in [2.75, 3.05) is 11.0 Å². The third-order valence-electron chi connectivity index (χ3n) is 9.35. The molecule has 0 saturated heterocycles. The summed E-state index contributed by atoms with van der Waals surface area (Å²) in [5, 5.41) is 21.5. The van der Waals surface area contributed by atoms with Crippen LogP contribution in [0.3, 0.4) is 0 Å². The van der Waals surface area contributed by atoms with Crippen LogP contribution in [0.1, 0.15) is 72.6 Å². The number of hydrogen-bond donors (Lipinski definition) is 3. The van der Waals surface area contributed by atoms with Gasteiger partial charge >= 0.3 is 0 Å². The summed E-state index contributed by atoms with van der Waals surface area (Å²) in [6.45, 7) is 1.99. The number of aliphatic hydroxyl groups is 1.